The number of aliphatic hydroxyl groups excluding tert-OH is 1. The first-order valence-corrected chi connectivity index (χ1v) is 4.35. The number of hydrogen-bond acceptors (Lipinski definition) is 2. The van der Waals surface area contributed by atoms with E-state index in [-0.39, 0.29) is 5.56 Å². The smallest absolute Gasteiger partial charge is 0.416 e. The fourth-order valence-electron chi connectivity index (χ4n) is 1.18. The van der Waals surface area contributed by atoms with E-state index in [4.69, 9.17) is 10.2 Å². The number of rotatable bonds is 2. The second kappa shape index (κ2) is 4.13. The number of aromatic carboxylic acids is 1. The maximum absolute atomic E-state index is 12.4. The molecule has 0 amide bonds. The molecular formula is C10H9F3O3. The van der Waals surface area contributed by atoms with E-state index in [2.05, 4.69) is 0 Å². The number of carboxylic acid groups (broad SMARTS) is 1. The molecule has 88 valence electrons. The van der Waals surface area contributed by atoms with Gasteiger partial charge in [0.1, 0.15) is 0 Å². The molecule has 2 N–H and O–H groups in total. The Morgan fingerprint density at radius 1 is 1.31 bits per heavy atom. The molecular weight excluding hydrogens is 225 g/mol. The van der Waals surface area contributed by atoms with Crippen LogP contribution in [-0.2, 0) is 6.18 Å². The lowest BCUT2D eigenvalue weighted by atomic mass is 10.0. The third-order valence-corrected chi connectivity index (χ3v) is 2.01. The summed E-state index contributed by atoms with van der Waals surface area (Å²) in [6.45, 7) is 1.26. The highest BCUT2D eigenvalue weighted by molar-refractivity contribution is 5.88. The summed E-state index contributed by atoms with van der Waals surface area (Å²) in [5, 5.41) is 17.8. The van der Waals surface area contributed by atoms with Gasteiger partial charge in [0.05, 0.1) is 17.2 Å². The summed E-state index contributed by atoms with van der Waals surface area (Å²) in [5.74, 6) is -1.46. The summed E-state index contributed by atoms with van der Waals surface area (Å²) < 4.78 is 37.2. The lowest BCUT2D eigenvalue weighted by Gasteiger charge is -2.12. The molecule has 0 aliphatic carbocycles. The maximum Gasteiger partial charge on any atom is 0.416 e. The fraction of sp³-hybridized carbons (Fsp3) is 0.300. The molecule has 6 heteroatoms. The Morgan fingerprint density at radius 3 is 2.25 bits per heavy atom. The van der Waals surface area contributed by atoms with Gasteiger partial charge >= 0.3 is 12.1 Å². The van der Waals surface area contributed by atoms with Crippen molar-refractivity contribution >= 4 is 5.97 Å². The minimum atomic E-state index is -4.63. The minimum Gasteiger partial charge on any atom is -0.478 e. The zero-order valence-electron chi connectivity index (χ0n) is 8.25. The molecule has 1 rings (SSSR count). The summed E-state index contributed by atoms with van der Waals surface area (Å²) in [7, 11) is 0. The Bertz CT molecular complexity index is 410. The number of benzene rings is 1. The van der Waals surface area contributed by atoms with Crippen LogP contribution in [0.2, 0.25) is 0 Å². The lowest BCUT2D eigenvalue weighted by molar-refractivity contribution is -0.137. The van der Waals surface area contributed by atoms with Gasteiger partial charge in [-0.05, 0) is 30.7 Å². The molecule has 0 radical (unpaired) electrons. The summed E-state index contributed by atoms with van der Waals surface area (Å²) in [5.41, 5.74) is -1.65. The number of carbonyl (C=O) groups is 1. The molecule has 0 aromatic heterocycles. The van der Waals surface area contributed by atoms with Crippen LogP contribution < -0.4 is 0 Å². The van der Waals surface area contributed by atoms with Crippen molar-refractivity contribution in [1.82, 2.24) is 0 Å². The zero-order valence-corrected chi connectivity index (χ0v) is 8.25. The van der Waals surface area contributed by atoms with Crippen LogP contribution in [-0.4, -0.2) is 16.2 Å². The summed E-state index contributed by atoms with van der Waals surface area (Å²) in [4.78, 5) is 10.6. The number of halogens is 3. The van der Waals surface area contributed by atoms with Crippen molar-refractivity contribution in [2.45, 2.75) is 19.2 Å². The Hall–Kier alpha value is -1.56. The van der Waals surface area contributed by atoms with Crippen LogP contribution in [0.25, 0.3) is 0 Å². The third-order valence-electron chi connectivity index (χ3n) is 2.01. The van der Waals surface area contributed by atoms with Crippen molar-refractivity contribution < 1.29 is 28.2 Å². The van der Waals surface area contributed by atoms with Crippen LogP contribution in [0.1, 0.15) is 34.5 Å². The molecule has 0 fully saturated rings. The second-order valence-corrected chi connectivity index (χ2v) is 3.32. The molecule has 1 aromatic rings. The Kier molecular flexibility index (Phi) is 3.23. The van der Waals surface area contributed by atoms with Gasteiger partial charge in [-0.25, -0.2) is 4.79 Å². The van der Waals surface area contributed by atoms with E-state index in [1.807, 2.05) is 0 Å². The Morgan fingerprint density at radius 2 is 1.88 bits per heavy atom. The van der Waals surface area contributed by atoms with Gasteiger partial charge in [-0.1, -0.05) is 0 Å². The van der Waals surface area contributed by atoms with Crippen molar-refractivity contribution in [3.63, 3.8) is 0 Å². The molecule has 0 bridgehead atoms. The molecule has 3 nitrogen and oxygen atoms in total. The average Bonchev–Trinajstić information content (AvgIpc) is 2.15. The van der Waals surface area contributed by atoms with Gasteiger partial charge in [-0.15, -0.1) is 0 Å². The van der Waals surface area contributed by atoms with Crippen molar-refractivity contribution in [3.8, 4) is 0 Å². The summed E-state index contributed by atoms with van der Waals surface area (Å²) >= 11 is 0. The second-order valence-electron chi connectivity index (χ2n) is 3.32. The van der Waals surface area contributed by atoms with E-state index in [9.17, 15) is 18.0 Å². The molecule has 0 heterocycles. The maximum atomic E-state index is 12.4. The highest BCUT2D eigenvalue weighted by atomic mass is 19.4. The number of carboxylic acids is 1. The summed E-state index contributed by atoms with van der Waals surface area (Å²) in [6, 6.07) is 2.29. The van der Waals surface area contributed by atoms with Crippen LogP contribution >= 0.6 is 0 Å². The molecule has 1 atom stereocenters. The zero-order chi connectivity index (χ0) is 12.5. The van der Waals surface area contributed by atoms with Crippen LogP contribution in [0.15, 0.2) is 18.2 Å². The van der Waals surface area contributed by atoms with Crippen LogP contribution in [0.5, 0.6) is 0 Å². The predicted molar refractivity (Wildman–Crippen MR) is 49.0 cm³/mol. The predicted octanol–water partition coefficient (Wildman–Crippen LogP) is 2.46. The van der Waals surface area contributed by atoms with Gasteiger partial charge in [0.15, 0.2) is 0 Å². The molecule has 0 aliphatic heterocycles. The number of hydrogen-bond donors (Lipinski definition) is 2. The van der Waals surface area contributed by atoms with Crippen molar-refractivity contribution in [3.05, 3.63) is 34.9 Å². The van der Waals surface area contributed by atoms with E-state index in [0.717, 1.165) is 12.1 Å². The molecule has 16 heavy (non-hydrogen) atoms. The molecule has 1 unspecified atom stereocenters. The highest BCUT2D eigenvalue weighted by Gasteiger charge is 2.32. The van der Waals surface area contributed by atoms with Crippen LogP contribution in [0.4, 0.5) is 13.2 Å². The van der Waals surface area contributed by atoms with Crippen molar-refractivity contribution in [1.29, 1.82) is 0 Å². The van der Waals surface area contributed by atoms with Gasteiger partial charge in [0.2, 0.25) is 0 Å². The first kappa shape index (κ1) is 12.5. The molecule has 0 aliphatic rings. The SMILES string of the molecule is CC(O)c1cc(C(=O)O)cc(C(F)(F)F)c1. The highest BCUT2D eigenvalue weighted by Crippen LogP contribution is 2.31. The summed E-state index contributed by atoms with van der Waals surface area (Å²) in [6.07, 6.45) is -5.78. The largest absolute Gasteiger partial charge is 0.478 e. The third kappa shape index (κ3) is 2.73. The van der Waals surface area contributed by atoms with Crippen LogP contribution in [0.3, 0.4) is 0 Å². The van der Waals surface area contributed by atoms with Gasteiger partial charge < -0.3 is 10.2 Å². The molecule has 0 spiro atoms. The first-order chi connectivity index (χ1) is 7.21. The van der Waals surface area contributed by atoms with Gasteiger partial charge in [0, 0.05) is 0 Å². The van der Waals surface area contributed by atoms with E-state index >= 15 is 0 Å². The monoisotopic (exact) mass is 234 g/mol. The molecule has 0 saturated carbocycles. The van der Waals surface area contributed by atoms with Crippen LogP contribution in [0, 0.1) is 0 Å². The van der Waals surface area contributed by atoms with E-state index in [1.165, 1.54) is 6.92 Å². The van der Waals surface area contributed by atoms with E-state index in [0.29, 0.717) is 6.07 Å². The number of alkyl halides is 3. The standard InChI is InChI=1S/C10H9F3O3/c1-5(14)6-2-7(9(15)16)4-8(3-6)10(11,12)13/h2-5,14H,1H3,(H,15,16). The molecule has 0 saturated heterocycles. The van der Waals surface area contributed by atoms with Gasteiger partial charge in [0.25, 0.3) is 0 Å². The first-order valence-electron chi connectivity index (χ1n) is 4.35. The van der Waals surface area contributed by atoms with Crippen molar-refractivity contribution in [2.24, 2.45) is 0 Å². The van der Waals surface area contributed by atoms with E-state index in [1.54, 1.807) is 0 Å². The van der Waals surface area contributed by atoms with Gasteiger partial charge in [-0.2, -0.15) is 13.2 Å². The number of aliphatic hydroxyl groups is 1. The van der Waals surface area contributed by atoms with Crippen molar-refractivity contribution in [2.75, 3.05) is 0 Å². The minimum absolute atomic E-state index is 0.0766. The lowest BCUT2D eigenvalue weighted by Crippen LogP contribution is -2.09. The normalized spacial score (nSPS) is 13.6. The molecule has 1 aromatic carbocycles. The Labute approximate surface area is 89.1 Å². The Balaban J connectivity index is 3.36. The van der Waals surface area contributed by atoms with E-state index < -0.39 is 29.4 Å². The fourth-order valence-corrected chi connectivity index (χ4v) is 1.18. The average molecular weight is 234 g/mol. The topological polar surface area (TPSA) is 57.5 Å². The van der Waals surface area contributed by atoms with Gasteiger partial charge in [-0.3, -0.25) is 0 Å². The quantitative estimate of drug-likeness (QED) is 0.826.